The van der Waals surface area contributed by atoms with Gasteiger partial charge in [-0.1, -0.05) is 54.9 Å². The van der Waals surface area contributed by atoms with E-state index in [0.29, 0.717) is 37.6 Å². The molecule has 8 nitrogen and oxygen atoms in total. The lowest BCUT2D eigenvalue weighted by Crippen LogP contribution is -2.52. The van der Waals surface area contributed by atoms with Crippen molar-refractivity contribution < 1.29 is 17.7 Å². The first-order valence-corrected chi connectivity index (χ1v) is 13.0. The van der Waals surface area contributed by atoms with Crippen molar-refractivity contribution in [1.29, 1.82) is 0 Å². The number of rotatable bonds is 7. The Balaban J connectivity index is 1.40. The van der Waals surface area contributed by atoms with Gasteiger partial charge in [-0.25, -0.2) is 8.42 Å². The summed E-state index contributed by atoms with van der Waals surface area (Å²) in [5.74, 6) is 0.816. The Kier molecular flexibility index (Phi) is 7.13. The molecule has 0 unspecified atom stereocenters. The van der Waals surface area contributed by atoms with Gasteiger partial charge in [-0.15, -0.1) is 0 Å². The molecule has 1 saturated heterocycles. The maximum Gasteiger partial charge on any atom is 0.257 e. The molecule has 1 amide bonds. The summed E-state index contributed by atoms with van der Waals surface area (Å²) >= 11 is 0. The summed E-state index contributed by atoms with van der Waals surface area (Å²) in [7, 11) is -3.81. The molecular weight excluding hydrogens is 452 g/mol. The molecule has 1 atom stereocenters. The van der Waals surface area contributed by atoms with Crippen molar-refractivity contribution in [2.75, 3.05) is 13.1 Å². The molecule has 34 heavy (non-hydrogen) atoms. The molecule has 3 aromatic rings. The maximum absolute atomic E-state index is 13.3. The molecule has 180 valence electrons. The third-order valence-electron chi connectivity index (χ3n) is 6.18. The van der Waals surface area contributed by atoms with E-state index in [-0.39, 0.29) is 22.6 Å². The third kappa shape index (κ3) is 5.37. The second-order valence-corrected chi connectivity index (χ2v) is 10.8. The molecule has 0 aliphatic carbocycles. The minimum atomic E-state index is -3.81. The fourth-order valence-electron chi connectivity index (χ4n) is 4.08. The van der Waals surface area contributed by atoms with Crippen molar-refractivity contribution in [2.24, 2.45) is 5.92 Å². The minimum Gasteiger partial charge on any atom is -0.341 e. The van der Waals surface area contributed by atoms with Gasteiger partial charge in [-0.2, -0.15) is 9.71 Å². The van der Waals surface area contributed by atoms with E-state index in [1.165, 1.54) is 0 Å². The topological polar surface area (TPSA) is 105 Å². The predicted molar refractivity (Wildman–Crippen MR) is 128 cm³/mol. The fourth-order valence-corrected chi connectivity index (χ4v) is 5.42. The number of nitrogens with zero attached hydrogens (tertiary/aromatic N) is 3. The van der Waals surface area contributed by atoms with Crippen molar-refractivity contribution >= 4 is 15.9 Å². The average Bonchev–Trinajstić information content (AvgIpc) is 3.33. The summed E-state index contributed by atoms with van der Waals surface area (Å²) in [6.45, 7) is 6.60. The van der Waals surface area contributed by atoms with Crippen LogP contribution < -0.4 is 4.72 Å². The van der Waals surface area contributed by atoms with Crippen LogP contribution in [0.5, 0.6) is 0 Å². The van der Waals surface area contributed by atoms with Crippen LogP contribution in [0.2, 0.25) is 0 Å². The lowest BCUT2D eigenvalue weighted by atomic mass is 9.94. The van der Waals surface area contributed by atoms with E-state index in [2.05, 4.69) is 14.9 Å². The van der Waals surface area contributed by atoms with Crippen LogP contribution in [0.1, 0.15) is 44.0 Å². The number of benzene rings is 2. The highest BCUT2D eigenvalue weighted by Gasteiger charge is 2.34. The van der Waals surface area contributed by atoms with Crippen molar-refractivity contribution in [2.45, 2.75) is 50.5 Å². The molecule has 1 aliphatic heterocycles. The summed E-state index contributed by atoms with van der Waals surface area (Å²) in [5.41, 5.74) is 1.84. The number of nitrogens with one attached hydrogen (secondary N) is 1. The largest absolute Gasteiger partial charge is 0.341 e. The molecule has 0 radical (unpaired) electrons. The number of sulfonamides is 1. The summed E-state index contributed by atoms with van der Waals surface area (Å²) in [4.78, 5) is 19.7. The Morgan fingerprint density at radius 3 is 2.32 bits per heavy atom. The zero-order valence-electron chi connectivity index (χ0n) is 19.6. The second-order valence-electron chi connectivity index (χ2n) is 9.08. The van der Waals surface area contributed by atoms with Crippen molar-refractivity contribution in [3.8, 4) is 11.5 Å². The quantitative estimate of drug-likeness (QED) is 0.550. The highest BCUT2D eigenvalue weighted by Crippen LogP contribution is 2.29. The Hall–Kier alpha value is -3.04. The van der Waals surface area contributed by atoms with E-state index in [1.54, 1.807) is 29.2 Å². The van der Waals surface area contributed by atoms with Gasteiger partial charge in [0.1, 0.15) is 6.04 Å². The molecule has 0 saturated carbocycles. The van der Waals surface area contributed by atoms with Crippen molar-refractivity contribution in [1.82, 2.24) is 19.8 Å². The fraction of sp³-hybridized carbons (Fsp3) is 0.400. The Labute approximate surface area is 200 Å². The van der Waals surface area contributed by atoms with E-state index in [0.717, 1.165) is 11.1 Å². The number of hydrogen-bond acceptors (Lipinski definition) is 6. The lowest BCUT2D eigenvalue weighted by Gasteiger charge is -2.34. The number of likely N-dealkylation sites (tertiary alicyclic amines) is 1. The van der Waals surface area contributed by atoms with Crippen LogP contribution in [-0.2, 0) is 14.8 Å². The van der Waals surface area contributed by atoms with E-state index in [9.17, 15) is 13.2 Å². The van der Waals surface area contributed by atoms with Gasteiger partial charge in [0.15, 0.2) is 5.82 Å². The van der Waals surface area contributed by atoms with Gasteiger partial charge >= 0.3 is 0 Å². The van der Waals surface area contributed by atoms with Gasteiger partial charge < -0.3 is 9.42 Å². The highest BCUT2D eigenvalue weighted by molar-refractivity contribution is 7.89. The SMILES string of the molecule is Cc1ccc(S(=O)(=O)N[C@H](C(=O)N2CCC(c3noc(-c4ccccc4)n3)CC2)C(C)C)cc1. The van der Waals surface area contributed by atoms with Crippen LogP contribution in [0.3, 0.4) is 0 Å². The second kappa shape index (κ2) is 10.1. The summed E-state index contributed by atoms with van der Waals surface area (Å²) in [5, 5.41) is 4.16. The molecule has 1 fully saturated rings. The average molecular weight is 483 g/mol. The predicted octanol–water partition coefficient (Wildman–Crippen LogP) is 3.75. The molecule has 2 heterocycles. The molecule has 1 N–H and O–H groups in total. The van der Waals surface area contributed by atoms with Gasteiger partial charge in [0.2, 0.25) is 15.9 Å². The monoisotopic (exact) mass is 482 g/mol. The number of carbonyl (C=O) groups is 1. The smallest absolute Gasteiger partial charge is 0.257 e. The van der Waals surface area contributed by atoms with Gasteiger partial charge in [-0.3, -0.25) is 4.79 Å². The molecule has 1 aliphatic rings. The first-order chi connectivity index (χ1) is 16.2. The maximum atomic E-state index is 13.3. The van der Waals surface area contributed by atoms with Gasteiger partial charge in [-0.05, 0) is 49.9 Å². The van der Waals surface area contributed by atoms with Crippen LogP contribution in [-0.4, -0.2) is 48.5 Å². The Morgan fingerprint density at radius 2 is 1.71 bits per heavy atom. The number of hydrogen-bond donors (Lipinski definition) is 1. The highest BCUT2D eigenvalue weighted by atomic mass is 32.2. The Morgan fingerprint density at radius 1 is 1.06 bits per heavy atom. The van der Waals surface area contributed by atoms with E-state index < -0.39 is 16.1 Å². The zero-order valence-corrected chi connectivity index (χ0v) is 20.5. The van der Waals surface area contributed by atoms with Crippen LogP contribution in [0, 0.1) is 12.8 Å². The summed E-state index contributed by atoms with van der Waals surface area (Å²) in [6.07, 6.45) is 1.38. The molecule has 9 heteroatoms. The van der Waals surface area contributed by atoms with Crippen LogP contribution in [0.15, 0.2) is 64.0 Å². The van der Waals surface area contributed by atoms with E-state index in [1.807, 2.05) is 51.1 Å². The lowest BCUT2D eigenvalue weighted by molar-refractivity contribution is -0.135. The third-order valence-corrected chi connectivity index (χ3v) is 7.64. The number of aryl methyl sites for hydroxylation is 1. The number of piperidine rings is 1. The van der Waals surface area contributed by atoms with Crippen LogP contribution in [0.25, 0.3) is 11.5 Å². The molecule has 0 spiro atoms. The molecule has 4 rings (SSSR count). The summed E-state index contributed by atoms with van der Waals surface area (Å²) < 4.78 is 33.9. The van der Waals surface area contributed by atoms with Gasteiger partial charge in [0.25, 0.3) is 5.89 Å². The van der Waals surface area contributed by atoms with Crippen molar-refractivity contribution in [3.05, 3.63) is 66.0 Å². The zero-order chi connectivity index (χ0) is 24.3. The number of aromatic nitrogens is 2. The number of carbonyl (C=O) groups excluding carboxylic acids is 1. The molecule has 2 aromatic carbocycles. The van der Waals surface area contributed by atoms with E-state index in [4.69, 9.17) is 4.52 Å². The summed E-state index contributed by atoms with van der Waals surface area (Å²) in [6, 6.07) is 15.4. The van der Waals surface area contributed by atoms with Gasteiger partial charge in [0, 0.05) is 24.6 Å². The number of amides is 1. The van der Waals surface area contributed by atoms with Crippen molar-refractivity contribution in [3.63, 3.8) is 0 Å². The van der Waals surface area contributed by atoms with Crippen LogP contribution in [0.4, 0.5) is 0 Å². The first-order valence-electron chi connectivity index (χ1n) is 11.5. The minimum absolute atomic E-state index is 0.0898. The van der Waals surface area contributed by atoms with E-state index >= 15 is 0 Å². The van der Waals surface area contributed by atoms with Crippen LogP contribution >= 0.6 is 0 Å². The molecule has 0 bridgehead atoms. The molecule has 1 aromatic heterocycles. The standard InChI is InChI=1S/C25H30N4O4S/c1-17(2)22(28-34(31,32)21-11-9-18(3)10-12-21)25(30)29-15-13-19(14-16-29)23-26-24(33-27-23)20-7-5-4-6-8-20/h4-12,17,19,22,28H,13-16H2,1-3H3/t22-/m0/s1. The van der Waals surface area contributed by atoms with Gasteiger partial charge in [0.05, 0.1) is 4.90 Å². The Bertz CT molecular complexity index is 1220. The first kappa shape index (κ1) is 24.1. The molecular formula is C25H30N4O4S. The normalized spacial score (nSPS) is 16.1.